The van der Waals surface area contributed by atoms with Crippen LogP contribution in [0.5, 0.6) is 0 Å². The minimum atomic E-state index is -0.136. The van der Waals surface area contributed by atoms with E-state index >= 15 is 0 Å². The molecule has 0 aliphatic carbocycles. The van der Waals surface area contributed by atoms with Gasteiger partial charge in [0, 0.05) is 11.4 Å². The van der Waals surface area contributed by atoms with Gasteiger partial charge in [-0.15, -0.1) is 5.10 Å². The standard InChI is InChI=1S/C12H16ClN5/c1-4-12(2,14-3)11-15-16-17-18(11)10-7-5-9(13)6-8-10/h5-8,14H,4H2,1-3H3/p+1/t12-/m1/s1. The summed E-state index contributed by atoms with van der Waals surface area (Å²) in [5.41, 5.74) is 0.782. The van der Waals surface area contributed by atoms with Crippen LogP contribution in [0.25, 0.3) is 5.69 Å². The summed E-state index contributed by atoms with van der Waals surface area (Å²) < 4.78 is 1.76. The number of benzene rings is 1. The lowest BCUT2D eigenvalue weighted by molar-refractivity contribution is -0.711. The molecule has 0 aliphatic heterocycles. The van der Waals surface area contributed by atoms with Gasteiger partial charge in [0.25, 0.3) is 0 Å². The molecular formula is C12H17ClN5+. The van der Waals surface area contributed by atoms with Crippen molar-refractivity contribution in [3.05, 3.63) is 35.1 Å². The van der Waals surface area contributed by atoms with Gasteiger partial charge >= 0.3 is 0 Å². The molecule has 0 unspecified atom stereocenters. The first-order chi connectivity index (χ1) is 8.60. The van der Waals surface area contributed by atoms with Crippen molar-refractivity contribution in [3.8, 4) is 5.69 Å². The molecule has 0 spiro atoms. The fourth-order valence-corrected chi connectivity index (χ4v) is 1.92. The number of nitrogens with two attached hydrogens (primary N) is 1. The Hall–Kier alpha value is -1.46. The molecule has 6 heteroatoms. The average molecular weight is 267 g/mol. The molecule has 96 valence electrons. The van der Waals surface area contributed by atoms with Gasteiger partial charge in [-0.05, 0) is 41.6 Å². The van der Waals surface area contributed by atoms with Crippen molar-refractivity contribution in [2.75, 3.05) is 7.05 Å². The molecule has 0 radical (unpaired) electrons. The van der Waals surface area contributed by atoms with E-state index in [4.69, 9.17) is 11.6 Å². The van der Waals surface area contributed by atoms with Crippen molar-refractivity contribution in [3.63, 3.8) is 0 Å². The Labute approximate surface area is 111 Å². The van der Waals surface area contributed by atoms with E-state index in [1.165, 1.54) is 0 Å². The molecule has 2 rings (SSSR count). The number of nitrogens with zero attached hydrogens (tertiary/aromatic N) is 4. The molecule has 0 fully saturated rings. The van der Waals surface area contributed by atoms with Gasteiger partial charge in [0.15, 0.2) is 5.54 Å². The number of quaternary nitrogens is 1. The highest BCUT2D eigenvalue weighted by atomic mass is 35.5. The predicted octanol–water partition coefficient (Wildman–Crippen LogP) is 1.13. The highest BCUT2D eigenvalue weighted by Gasteiger charge is 2.33. The van der Waals surface area contributed by atoms with Crippen LogP contribution >= 0.6 is 11.6 Å². The quantitative estimate of drug-likeness (QED) is 0.903. The summed E-state index contributed by atoms with van der Waals surface area (Å²) >= 11 is 5.89. The predicted molar refractivity (Wildman–Crippen MR) is 69.7 cm³/mol. The summed E-state index contributed by atoms with van der Waals surface area (Å²) in [6.07, 6.45) is 0.942. The van der Waals surface area contributed by atoms with Crippen LogP contribution in [-0.2, 0) is 5.54 Å². The molecule has 5 nitrogen and oxygen atoms in total. The lowest BCUT2D eigenvalue weighted by Gasteiger charge is -2.22. The van der Waals surface area contributed by atoms with Gasteiger partial charge in [0.05, 0.1) is 12.7 Å². The van der Waals surface area contributed by atoms with Crippen LogP contribution in [0.2, 0.25) is 5.02 Å². The SMILES string of the molecule is CC[C@@](C)([NH2+]C)c1nnnn1-c1ccc(Cl)cc1. The zero-order valence-electron chi connectivity index (χ0n) is 10.8. The van der Waals surface area contributed by atoms with Crippen LogP contribution < -0.4 is 5.32 Å². The van der Waals surface area contributed by atoms with Gasteiger partial charge in [-0.3, -0.25) is 0 Å². The third-order valence-corrected chi connectivity index (χ3v) is 3.68. The molecule has 2 aromatic rings. The minimum Gasteiger partial charge on any atom is -0.338 e. The largest absolute Gasteiger partial charge is 0.338 e. The third kappa shape index (κ3) is 2.23. The highest BCUT2D eigenvalue weighted by Crippen LogP contribution is 2.20. The van der Waals surface area contributed by atoms with Crippen LogP contribution in [0.4, 0.5) is 0 Å². The number of hydrogen-bond acceptors (Lipinski definition) is 3. The molecule has 1 aromatic heterocycles. The molecule has 0 saturated carbocycles. The number of halogens is 1. The maximum atomic E-state index is 5.89. The Balaban J connectivity index is 2.48. The monoisotopic (exact) mass is 266 g/mol. The summed E-state index contributed by atoms with van der Waals surface area (Å²) in [7, 11) is 2.03. The second kappa shape index (κ2) is 5.04. The van der Waals surface area contributed by atoms with Gasteiger partial charge in [0.2, 0.25) is 5.82 Å². The molecule has 1 atom stereocenters. The van der Waals surface area contributed by atoms with E-state index in [0.717, 1.165) is 17.9 Å². The van der Waals surface area contributed by atoms with Crippen molar-refractivity contribution in [2.45, 2.75) is 25.8 Å². The molecule has 1 heterocycles. The van der Waals surface area contributed by atoms with Crippen LogP contribution in [0.15, 0.2) is 24.3 Å². The first-order valence-corrected chi connectivity index (χ1v) is 6.34. The smallest absolute Gasteiger partial charge is 0.216 e. The number of hydrogen-bond donors (Lipinski definition) is 1. The number of rotatable bonds is 4. The van der Waals surface area contributed by atoms with Gasteiger partial charge in [-0.1, -0.05) is 18.5 Å². The Morgan fingerprint density at radius 1 is 1.33 bits per heavy atom. The van der Waals surface area contributed by atoms with Crippen LogP contribution in [-0.4, -0.2) is 27.3 Å². The number of tetrazole rings is 1. The van der Waals surface area contributed by atoms with E-state index in [1.54, 1.807) is 4.68 Å². The van der Waals surface area contributed by atoms with E-state index in [2.05, 4.69) is 34.7 Å². The van der Waals surface area contributed by atoms with E-state index < -0.39 is 0 Å². The van der Waals surface area contributed by atoms with E-state index in [9.17, 15) is 0 Å². The van der Waals surface area contributed by atoms with Crippen molar-refractivity contribution >= 4 is 11.6 Å². The summed E-state index contributed by atoms with van der Waals surface area (Å²) in [4.78, 5) is 0. The first-order valence-electron chi connectivity index (χ1n) is 5.96. The van der Waals surface area contributed by atoms with E-state index in [0.29, 0.717) is 5.02 Å². The maximum absolute atomic E-state index is 5.89. The van der Waals surface area contributed by atoms with Crippen molar-refractivity contribution < 1.29 is 5.32 Å². The van der Waals surface area contributed by atoms with Gasteiger partial charge in [0.1, 0.15) is 0 Å². The minimum absolute atomic E-state index is 0.136. The van der Waals surface area contributed by atoms with Crippen molar-refractivity contribution in [1.29, 1.82) is 0 Å². The lowest BCUT2D eigenvalue weighted by Crippen LogP contribution is -2.91. The van der Waals surface area contributed by atoms with E-state index in [1.807, 2.05) is 31.3 Å². The molecule has 2 N–H and O–H groups in total. The molecule has 0 saturated heterocycles. The fourth-order valence-electron chi connectivity index (χ4n) is 1.79. The number of aromatic nitrogens is 4. The zero-order valence-corrected chi connectivity index (χ0v) is 11.5. The second-order valence-corrected chi connectivity index (χ2v) is 4.89. The summed E-state index contributed by atoms with van der Waals surface area (Å²) in [6, 6.07) is 7.49. The Kier molecular flexibility index (Phi) is 3.63. The van der Waals surface area contributed by atoms with Gasteiger partial charge in [-0.2, -0.15) is 4.68 Å². The molecule has 18 heavy (non-hydrogen) atoms. The van der Waals surface area contributed by atoms with Crippen LogP contribution in [0.1, 0.15) is 26.1 Å². The van der Waals surface area contributed by atoms with Gasteiger partial charge < -0.3 is 5.32 Å². The molecule has 0 bridgehead atoms. The normalized spacial score (nSPS) is 14.4. The Bertz CT molecular complexity index is 516. The molecule has 0 amide bonds. The van der Waals surface area contributed by atoms with Crippen LogP contribution in [0.3, 0.4) is 0 Å². The molecule has 0 aliphatic rings. The summed E-state index contributed by atoms with van der Waals surface area (Å²) in [5.74, 6) is 0.842. The van der Waals surface area contributed by atoms with Gasteiger partial charge in [-0.25, -0.2) is 0 Å². The molecule has 1 aromatic carbocycles. The maximum Gasteiger partial charge on any atom is 0.216 e. The zero-order chi connectivity index (χ0) is 13.2. The average Bonchev–Trinajstić information content (AvgIpc) is 2.88. The third-order valence-electron chi connectivity index (χ3n) is 3.42. The first kappa shape index (κ1) is 13.0. The molecular weight excluding hydrogens is 250 g/mol. The fraction of sp³-hybridized carbons (Fsp3) is 0.417. The van der Waals surface area contributed by atoms with Crippen molar-refractivity contribution in [1.82, 2.24) is 20.2 Å². The topological polar surface area (TPSA) is 60.2 Å². The Morgan fingerprint density at radius 2 is 2.00 bits per heavy atom. The Morgan fingerprint density at radius 3 is 2.56 bits per heavy atom. The van der Waals surface area contributed by atoms with E-state index in [-0.39, 0.29) is 5.54 Å². The second-order valence-electron chi connectivity index (χ2n) is 4.45. The highest BCUT2D eigenvalue weighted by molar-refractivity contribution is 6.30. The summed E-state index contributed by atoms with van der Waals surface area (Å²) in [5, 5.41) is 14.9. The van der Waals surface area contributed by atoms with Crippen LogP contribution in [0, 0.1) is 0 Å². The summed E-state index contributed by atoms with van der Waals surface area (Å²) in [6.45, 7) is 4.26. The lowest BCUT2D eigenvalue weighted by atomic mass is 9.98. The van der Waals surface area contributed by atoms with Crippen molar-refractivity contribution in [2.24, 2.45) is 0 Å².